The topological polar surface area (TPSA) is 20.2 Å². The Hall–Kier alpha value is -0.560. The summed E-state index contributed by atoms with van der Waals surface area (Å²) in [6.45, 7) is 5.95. The van der Waals surface area contributed by atoms with Gasteiger partial charge in [0.25, 0.3) is 0 Å². The molecule has 1 nitrogen and oxygen atoms in total. The van der Waals surface area contributed by atoms with Gasteiger partial charge >= 0.3 is 0 Å². The molecule has 0 aromatic rings. The number of rotatable bonds is 12. The lowest BCUT2D eigenvalue weighted by Gasteiger charge is -2.25. The first-order valence-electron chi connectivity index (χ1n) is 9.25. The Labute approximate surface area is 132 Å². The van der Waals surface area contributed by atoms with Gasteiger partial charge in [-0.25, -0.2) is 0 Å². The van der Waals surface area contributed by atoms with Crippen LogP contribution in [0, 0.1) is 11.8 Å². The lowest BCUT2D eigenvalue weighted by molar-refractivity contribution is 0.0725. The second-order valence-corrected chi connectivity index (χ2v) is 6.72. The van der Waals surface area contributed by atoms with E-state index < -0.39 is 0 Å². The van der Waals surface area contributed by atoms with E-state index in [0.717, 1.165) is 18.8 Å². The quantitative estimate of drug-likeness (QED) is 0.343. The minimum Gasteiger partial charge on any atom is -0.393 e. The molecule has 0 saturated heterocycles. The molecule has 0 aromatic heterocycles. The van der Waals surface area contributed by atoms with Crippen LogP contribution < -0.4 is 0 Å². The van der Waals surface area contributed by atoms with E-state index in [2.05, 4.69) is 19.6 Å². The summed E-state index contributed by atoms with van der Waals surface area (Å²) in [5.41, 5.74) is 0. The van der Waals surface area contributed by atoms with Crippen molar-refractivity contribution in [1.29, 1.82) is 0 Å². The average Bonchev–Trinajstić information content (AvgIpc) is 2.95. The molecule has 1 rings (SSSR count). The second-order valence-electron chi connectivity index (χ2n) is 6.72. The van der Waals surface area contributed by atoms with Crippen molar-refractivity contribution in [2.75, 3.05) is 0 Å². The summed E-state index contributed by atoms with van der Waals surface area (Å²) in [4.78, 5) is 0. The van der Waals surface area contributed by atoms with Crippen LogP contribution in [0.4, 0.5) is 0 Å². The van der Waals surface area contributed by atoms with Crippen LogP contribution >= 0.6 is 0 Å². The van der Waals surface area contributed by atoms with E-state index in [9.17, 15) is 5.11 Å². The van der Waals surface area contributed by atoms with Gasteiger partial charge in [0, 0.05) is 0 Å². The van der Waals surface area contributed by atoms with Gasteiger partial charge in [-0.3, -0.25) is 0 Å². The fraction of sp³-hybridized carbons (Fsp3) is 0.800. The van der Waals surface area contributed by atoms with E-state index in [0.29, 0.717) is 5.92 Å². The molecule has 122 valence electrons. The van der Waals surface area contributed by atoms with Crippen molar-refractivity contribution in [3.8, 4) is 0 Å². The Morgan fingerprint density at radius 2 is 1.95 bits per heavy atom. The molecule has 21 heavy (non-hydrogen) atoms. The highest BCUT2D eigenvalue weighted by Crippen LogP contribution is 2.38. The third-order valence-corrected chi connectivity index (χ3v) is 5.03. The first-order valence-corrected chi connectivity index (χ1v) is 9.25. The largest absolute Gasteiger partial charge is 0.393 e. The maximum atomic E-state index is 10.5. The molecule has 3 atom stereocenters. The Balaban J connectivity index is 2.18. The first kappa shape index (κ1) is 18.5. The van der Waals surface area contributed by atoms with Gasteiger partial charge < -0.3 is 5.11 Å². The summed E-state index contributed by atoms with van der Waals surface area (Å²) in [5.74, 6) is 1.35. The van der Waals surface area contributed by atoms with Gasteiger partial charge in [-0.15, -0.1) is 0 Å². The fourth-order valence-electron chi connectivity index (χ4n) is 3.79. The minimum atomic E-state index is -0.0390. The van der Waals surface area contributed by atoms with Crippen molar-refractivity contribution >= 4 is 0 Å². The lowest BCUT2D eigenvalue weighted by atomic mass is 9.85. The number of hydrogen-bond acceptors (Lipinski definition) is 1. The molecular formula is C20H36O. The average molecular weight is 293 g/mol. The Morgan fingerprint density at radius 3 is 2.71 bits per heavy atom. The van der Waals surface area contributed by atoms with Crippen LogP contribution in [0.15, 0.2) is 24.8 Å². The smallest absolute Gasteiger partial charge is 0.0571 e. The molecule has 0 aliphatic heterocycles. The normalized spacial score (nSPS) is 23.7. The van der Waals surface area contributed by atoms with Gasteiger partial charge in [0.05, 0.1) is 6.10 Å². The Morgan fingerprint density at radius 1 is 1.14 bits per heavy atom. The summed E-state index contributed by atoms with van der Waals surface area (Å²) < 4.78 is 0. The molecule has 1 unspecified atom stereocenters. The monoisotopic (exact) mass is 292 g/mol. The number of aliphatic hydroxyl groups is 1. The zero-order valence-electron chi connectivity index (χ0n) is 14.1. The standard InChI is InChI=1S/C20H36O/c1-3-5-7-9-11-14-18-15-13-16-19(18)20(21)17-12-10-8-6-4-2/h3,5,7,18-21H,1,4,6,8-17H2,2H3/t18-,19-,20?/m0/s1. The Bertz CT molecular complexity index is 282. The van der Waals surface area contributed by atoms with Crippen molar-refractivity contribution in [3.63, 3.8) is 0 Å². The number of unbranched alkanes of at least 4 members (excludes halogenated alkanes) is 5. The number of hydrogen-bond donors (Lipinski definition) is 1. The summed E-state index contributed by atoms with van der Waals surface area (Å²) >= 11 is 0. The van der Waals surface area contributed by atoms with E-state index in [1.54, 1.807) is 0 Å². The van der Waals surface area contributed by atoms with Crippen LogP contribution in [0.1, 0.15) is 84.0 Å². The molecule has 0 aromatic carbocycles. The van der Waals surface area contributed by atoms with Crippen LogP contribution in [0.3, 0.4) is 0 Å². The van der Waals surface area contributed by atoms with Gasteiger partial charge in [0.1, 0.15) is 0 Å². The van der Waals surface area contributed by atoms with Crippen molar-refractivity contribution in [1.82, 2.24) is 0 Å². The van der Waals surface area contributed by atoms with Gasteiger partial charge in [0.15, 0.2) is 0 Å². The van der Waals surface area contributed by atoms with E-state index in [-0.39, 0.29) is 6.10 Å². The van der Waals surface area contributed by atoms with E-state index >= 15 is 0 Å². The van der Waals surface area contributed by atoms with E-state index in [4.69, 9.17) is 0 Å². The van der Waals surface area contributed by atoms with Gasteiger partial charge in [0.2, 0.25) is 0 Å². The predicted molar refractivity (Wildman–Crippen MR) is 93.4 cm³/mol. The van der Waals surface area contributed by atoms with Crippen LogP contribution in [0.2, 0.25) is 0 Å². The van der Waals surface area contributed by atoms with Gasteiger partial charge in [-0.05, 0) is 43.9 Å². The highest BCUT2D eigenvalue weighted by Gasteiger charge is 2.31. The molecule has 0 amide bonds. The number of allylic oxidation sites excluding steroid dienone is 3. The third kappa shape index (κ3) is 7.85. The van der Waals surface area contributed by atoms with Crippen molar-refractivity contribution in [3.05, 3.63) is 24.8 Å². The van der Waals surface area contributed by atoms with Gasteiger partial charge in [-0.1, -0.05) is 76.7 Å². The molecule has 1 saturated carbocycles. The molecule has 0 radical (unpaired) electrons. The first-order chi connectivity index (χ1) is 10.3. The zero-order chi connectivity index (χ0) is 15.3. The minimum absolute atomic E-state index is 0.0390. The molecule has 1 aliphatic rings. The fourth-order valence-corrected chi connectivity index (χ4v) is 3.79. The van der Waals surface area contributed by atoms with Crippen LogP contribution in [-0.4, -0.2) is 11.2 Å². The molecule has 1 aliphatic carbocycles. The number of aliphatic hydroxyl groups excluding tert-OH is 1. The molecule has 1 fully saturated rings. The molecule has 0 bridgehead atoms. The van der Waals surface area contributed by atoms with Crippen LogP contribution in [0.25, 0.3) is 0 Å². The molecule has 0 heterocycles. The van der Waals surface area contributed by atoms with Crippen molar-refractivity contribution in [2.24, 2.45) is 11.8 Å². The predicted octanol–water partition coefficient (Wildman–Crippen LogP) is 6.04. The maximum absolute atomic E-state index is 10.5. The molecule has 0 spiro atoms. The van der Waals surface area contributed by atoms with Gasteiger partial charge in [-0.2, -0.15) is 0 Å². The van der Waals surface area contributed by atoms with Crippen LogP contribution in [0.5, 0.6) is 0 Å². The van der Waals surface area contributed by atoms with Crippen molar-refractivity contribution < 1.29 is 5.11 Å². The van der Waals surface area contributed by atoms with Crippen molar-refractivity contribution in [2.45, 2.75) is 90.1 Å². The summed E-state index contributed by atoms with van der Waals surface area (Å²) in [5, 5.41) is 10.5. The summed E-state index contributed by atoms with van der Waals surface area (Å²) in [7, 11) is 0. The van der Waals surface area contributed by atoms with Crippen LogP contribution in [-0.2, 0) is 0 Å². The third-order valence-electron chi connectivity index (χ3n) is 5.03. The lowest BCUT2D eigenvalue weighted by Crippen LogP contribution is -2.24. The van der Waals surface area contributed by atoms with E-state index in [1.165, 1.54) is 64.2 Å². The molecular weight excluding hydrogens is 256 g/mol. The highest BCUT2D eigenvalue weighted by atomic mass is 16.3. The van der Waals surface area contributed by atoms with E-state index in [1.807, 2.05) is 12.2 Å². The Kier molecular flexibility index (Phi) is 10.6. The second kappa shape index (κ2) is 12.0. The molecule has 1 heteroatoms. The zero-order valence-corrected chi connectivity index (χ0v) is 14.1. The highest BCUT2D eigenvalue weighted by molar-refractivity contribution is 4.97. The SMILES string of the molecule is C=CC=CCCC[C@H]1CCC[C@@H]1C(O)CCCCCCC. The summed E-state index contributed by atoms with van der Waals surface area (Å²) in [6, 6.07) is 0. The maximum Gasteiger partial charge on any atom is 0.0571 e. The summed E-state index contributed by atoms with van der Waals surface area (Å²) in [6.07, 6.45) is 21.2. The molecule has 1 N–H and O–H groups in total.